The maximum atomic E-state index is 10.9. The molecule has 6 heteroatoms. The maximum absolute atomic E-state index is 10.9. The summed E-state index contributed by atoms with van der Waals surface area (Å²) in [6, 6.07) is 14.1. The van der Waals surface area contributed by atoms with Crippen molar-refractivity contribution in [3.8, 4) is 0 Å². The zero-order valence-corrected chi connectivity index (χ0v) is 13.1. The summed E-state index contributed by atoms with van der Waals surface area (Å²) >= 11 is 0. The quantitative estimate of drug-likeness (QED) is 0.622. The van der Waals surface area contributed by atoms with Gasteiger partial charge in [-0.25, -0.2) is 4.79 Å². The van der Waals surface area contributed by atoms with Gasteiger partial charge in [0.1, 0.15) is 0 Å². The molecule has 1 saturated carbocycles. The summed E-state index contributed by atoms with van der Waals surface area (Å²) in [7, 11) is 0. The van der Waals surface area contributed by atoms with Crippen LogP contribution >= 0.6 is 0 Å². The highest BCUT2D eigenvalue weighted by atomic mass is 16.6. The van der Waals surface area contributed by atoms with Gasteiger partial charge in [-0.15, -0.1) is 0 Å². The molecule has 6 nitrogen and oxygen atoms in total. The second-order valence-corrected chi connectivity index (χ2v) is 6.06. The number of non-ortho nitro benzene ring substituents is 1. The molecule has 1 N–H and O–H groups in total. The van der Waals surface area contributed by atoms with Crippen molar-refractivity contribution in [1.29, 1.82) is 0 Å². The molecule has 0 aliphatic heterocycles. The molecule has 124 valence electrons. The number of carboxylic acid groups (broad SMARTS) is 1. The molecule has 0 radical (unpaired) electrons. The third kappa shape index (κ3) is 3.97. The summed E-state index contributed by atoms with van der Waals surface area (Å²) in [4.78, 5) is 23.6. The number of benzene rings is 2. The zero-order chi connectivity index (χ0) is 17.1. The number of rotatable bonds is 7. The second-order valence-electron chi connectivity index (χ2n) is 6.06. The van der Waals surface area contributed by atoms with Crippen LogP contribution in [-0.4, -0.2) is 26.9 Å². The molecule has 1 fully saturated rings. The number of nitrogens with zero attached hydrogens (tertiary/aromatic N) is 2. The summed E-state index contributed by atoms with van der Waals surface area (Å²) in [5.41, 5.74) is 2.48. The lowest BCUT2D eigenvalue weighted by atomic mass is 10.1. The third-order valence-electron chi connectivity index (χ3n) is 4.18. The van der Waals surface area contributed by atoms with Gasteiger partial charge in [0.25, 0.3) is 5.69 Å². The van der Waals surface area contributed by atoms with Crippen molar-refractivity contribution in [1.82, 2.24) is 4.90 Å². The Hall–Kier alpha value is -2.73. The van der Waals surface area contributed by atoms with Crippen LogP contribution in [0.2, 0.25) is 0 Å². The fourth-order valence-corrected chi connectivity index (χ4v) is 2.70. The van der Waals surface area contributed by atoms with Crippen LogP contribution < -0.4 is 0 Å². The van der Waals surface area contributed by atoms with Gasteiger partial charge in [-0.1, -0.05) is 24.3 Å². The summed E-state index contributed by atoms with van der Waals surface area (Å²) < 4.78 is 0. The monoisotopic (exact) mass is 326 g/mol. The number of hydrogen-bond donors (Lipinski definition) is 1. The van der Waals surface area contributed by atoms with Gasteiger partial charge in [0.15, 0.2) is 0 Å². The molecular formula is C18H18N2O4. The van der Waals surface area contributed by atoms with Gasteiger partial charge in [0.2, 0.25) is 0 Å². The van der Waals surface area contributed by atoms with Crippen molar-refractivity contribution in [3.05, 3.63) is 75.3 Å². The number of aromatic carboxylic acids is 1. The molecule has 0 unspecified atom stereocenters. The highest BCUT2D eigenvalue weighted by Gasteiger charge is 2.29. The molecule has 0 spiro atoms. The van der Waals surface area contributed by atoms with E-state index < -0.39 is 10.9 Å². The van der Waals surface area contributed by atoms with E-state index >= 15 is 0 Å². The number of hydrogen-bond acceptors (Lipinski definition) is 4. The van der Waals surface area contributed by atoms with E-state index in [1.807, 2.05) is 12.1 Å². The third-order valence-corrected chi connectivity index (χ3v) is 4.18. The molecule has 1 aliphatic carbocycles. The van der Waals surface area contributed by atoms with Crippen LogP contribution in [0.1, 0.15) is 34.3 Å². The van der Waals surface area contributed by atoms with Crippen molar-refractivity contribution in [2.75, 3.05) is 0 Å². The van der Waals surface area contributed by atoms with Gasteiger partial charge >= 0.3 is 5.97 Å². The first-order chi connectivity index (χ1) is 11.5. The summed E-state index contributed by atoms with van der Waals surface area (Å²) in [6.45, 7) is 1.46. The SMILES string of the molecule is O=C(O)c1ccc(CN(Cc2ccc([N+](=O)[O-])cc2)C2CC2)cc1. The van der Waals surface area contributed by atoms with Gasteiger partial charge in [-0.3, -0.25) is 15.0 Å². The first kappa shape index (κ1) is 16.1. The summed E-state index contributed by atoms with van der Waals surface area (Å²) in [5, 5.41) is 19.7. The van der Waals surface area contributed by atoms with Crippen LogP contribution in [0.4, 0.5) is 5.69 Å². The maximum Gasteiger partial charge on any atom is 0.335 e. The Morgan fingerprint density at radius 2 is 1.54 bits per heavy atom. The van der Waals surface area contributed by atoms with Crippen LogP contribution in [0.15, 0.2) is 48.5 Å². The highest BCUT2D eigenvalue weighted by Crippen LogP contribution is 2.30. The fraction of sp³-hybridized carbons (Fsp3) is 0.278. The Bertz CT molecular complexity index is 677. The molecule has 1 aliphatic rings. The first-order valence-corrected chi connectivity index (χ1v) is 7.82. The minimum absolute atomic E-state index is 0.0981. The summed E-state index contributed by atoms with van der Waals surface area (Å²) in [5.74, 6) is -0.925. The number of nitro groups is 1. The predicted molar refractivity (Wildman–Crippen MR) is 88.8 cm³/mol. The van der Waals surface area contributed by atoms with Crippen molar-refractivity contribution >= 4 is 11.7 Å². The van der Waals surface area contributed by atoms with Crippen molar-refractivity contribution in [2.45, 2.75) is 32.0 Å². The summed E-state index contributed by atoms with van der Waals surface area (Å²) in [6.07, 6.45) is 2.31. The largest absolute Gasteiger partial charge is 0.478 e. The minimum Gasteiger partial charge on any atom is -0.478 e. The van der Waals surface area contributed by atoms with E-state index in [-0.39, 0.29) is 11.3 Å². The Labute approximate surface area is 139 Å². The van der Waals surface area contributed by atoms with E-state index in [0.29, 0.717) is 6.04 Å². The molecule has 0 bridgehead atoms. The molecule has 0 atom stereocenters. The van der Waals surface area contributed by atoms with E-state index in [4.69, 9.17) is 5.11 Å². The smallest absolute Gasteiger partial charge is 0.335 e. The van der Waals surface area contributed by atoms with E-state index in [2.05, 4.69) is 4.90 Å². The van der Waals surface area contributed by atoms with Gasteiger partial charge in [-0.2, -0.15) is 0 Å². The van der Waals surface area contributed by atoms with E-state index in [1.54, 1.807) is 24.3 Å². The molecular weight excluding hydrogens is 308 g/mol. The zero-order valence-electron chi connectivity index (χ0n) is 13.1. The minimum atomic E-state index is -0.925. The molecule has 2 aromatic carbocycles. The second kappa shape index (κ2) is 6.80. The van der Waals surface area contributed by atoms with E-state index in [0.717, 1.165) is 37.1 Å². The molecule has 0 heterocycles. The van der Waals surface area contributed by atoms with Crippen molar-refractivity contribution in [3.63, 3.8) is 0 Å². The van der Waals surface area contributed by atoms with Gasteiger partial charge in [0.05, 0.1) is 10.5 Å². The van der Waals surface area contributed by atoms with E-state index in [9.17, 15) is 14.9 Å². The molecule has 24 heavy (non-hydrogen) atoms. The normalized spacial score (nSPS) is 13.9. The topological polar surface area (TPSA) is 83.7 Å². The molecule has 0 aromatic heterocycles. The Kier molecular flexibility index (Phi) is 4.57. The van der Waals surface area contributed by atoms with Gasteiger partial charge < -0.3 is 5.11 Å². The first-order valence-electron chi connectivity index (χ1n) is 7.82. The van der Waals surface area contributed by atoms with Crippen LogP contribution in [0.3, 0.4) is 0 Å². The predicted octanol–water partition coefficient (Wildman–Crippen LogP) is 3.46. The van der Waals surface area contributed by atoms with Crippen molar-refractivity contribution in [2.24, 2.45) is 0 Å². The molecule has 0 amide bonds. The molecule has 0 saturated heterocycles. The Morgan fingerprint density at radius 3 is 1.96 bits per heavy atom. The standard InChI is InChI=1S/C18H18N2O4/c21-18(22)15-5-1-13(2-6-15)11-19(16-9-10-16)12-14-3-7-17(8-4-14)20(23)24/h1-8,16H,9-12H2,(H,21,22). The lowest BCUT2D eigenvalue weighted by Gasteiger charge is -2.22. The average Bonchev–Trinajstić information content (AvgIpc) is 3.40. The van der Waals surface area contributed by atoms with Crippen LogP contribution in [0.5, 0.6) is 0 Å². The Morgan fingerprint density at radius 1 is 1.04 bits per heavy atom. The molecule has 2 aromatic rings. The molecule has 3 rings (SSSR count). The number of nitro benzene ring substituents is 1. The van der Waals surface area contributed by atoms with Gasteiger partial charge in [-0.05, 0) is 36.1 Å². The van der Waals surface area contributed by atoms with E-state index in [1.165, 1.54) is 12.1 Å². The number of carboxylic acids is 1. The van der Waals surface area contributed by atoms with Crippen LogP contribution in [0.25, 0.3) is 0 Å². The van der Waals surface area contributed by atoms with Crippen molar-refractivity contribution < 1.29 is 14.8 Å². The fourth-order valence-electron chi connectivity index (χ4n) is 2.70. The van der Waals surface area contributed by atoms with Crippen LogP contribution in [0, 0.1) is 10.1 Å². The average molecular weight is 326 g/mol. The van der Waals surface area contributed by atoms with Gasteiger partial charge in [0, 0.05) is 31.3 Å². The highest BCUT2D eigenvalue weighted by molar-refractivity contribution is 5.87. The lowest BCUT2D eigenvalue weighted by Crippen LogP contribution is -2.25. The lowest BCUT2D eigenvalue weighted by molar-refractivity contribution is -0.384. The number of carbonyl (C=O) groups is 1. The Balaban J connectivity index is 1.68. The van der Waals surface area contributed by atoms with Crippen LogP contribution in [-0.2, 0) is 13.1 Å².